The van der Waals surface area contributed by atoms with E-state index in [1.54, 1.807) is 12.1 Å². The first-order valence-electron chi connectivity index (χ1n) is 10.0. The summed E-state index contributed by atoms with van der Waals surface area (Å²) in [5.41, 5.74) is 4.53. The number of aryl methyl sites for hydroxylation is 1. The van der Waals surface area contributed by atoms with Crippen molar-refractivity contribution in [2.45, 2.75) is 19.3 Å². The number of fused-ring (bicyclic) bond motifs is 2. The molecule has 0 saturated carbocycles. The topological polar surface area (TPSA) is 46.0 Å². The number of nitrogens with one attached hydrogen (secondary N) is 1. The summed E-state index contributed by atoms with van der Waals surface area (Å²) in [5, 5.41) is 4.88. The van der Waals surface area contributed by atoms with Crippen LogP contribution in [0.4, 0.5) is 0 Å². The molecule has 2 aromatic carbocycles. The van der Waals surface area contributed by atoms with Crippen LogP contribution in [0.1, 0.15) is 24.2 Å². The summed E-state index contributed by atoms with van der Waals surface area (Å²) >= 11 is 0. The molecule has 3 aliphatic rings. The van der Waals surface area contributed by atoms with Gasteiger partial charge in [-0.2, -0.15) is 0 Å². The highest BCUT2D eigenvalue weighted by molar-refractivity contribution is 6.09. The van der Waals surface area contributed by atoms with Gasteiger partial charge in [0.2, 0.25) is 0 Å². The van der Waals surface area contributed by atoms with E-state index in [0.717, 1.165) is 41.5 Å². The van der Waals surface area contributed by atoms with E-state index in [9.17, 15) is 4.79 Å². The molecule has 3 heteroatoms. The molecule has 3 nitrogen and oxygen atoms in total. The SMILES string of the molecule is O=c1ccc2cc3c(oc-2c1)/C(=C/C=c1\[nH]c2cccc4cccc1c42)CCC3. The summed E-state index contributed by atoms with van der Waals surface area (Å²) in [4.78, 5) is 15.3. The van der Waals surface area contributed by atoms with E-state index in [4.69, 9.17) is 4.42 Å². The molecule has 2 aliphatic carbocycles. The first-order valence-corrected chi connectivity index (χ1v) is 10.0. The van der Waals surface area contributed by atoms with Gasteiger partial charge < -0.3 is 9.40 Å². The number of aromatic amines is 1. The van der Waals surface area contributed by atoms with Gasteiger partial charge in [-0.25, -0.2) is 0 Å². The third-order valence-electron chi connectivity index (χ3n) is 5.92. The molecule has 1 N–H and O–H groups in total. The lowest BCUT2D eigenvalue weighted by Crippen LogP contribution is -2.06. The van der Waals surface area contributed by atoms with Gasteiger partial charge in [0.05, 0.1) is 0 Å². The first-order chi connectivity index (χ1) is 14.3. The van der Waals surface area contributed by atoms with Crippen molar-refractivity contribution in [3.8, 4) is 11.3 Å². The molecule has 1 aliphatic heterocycles. The first kappa shape index (κ1) is 16.4. The largest absolute Gasteiger partial charge is 0.456 e. The Morgan fingerprint density at radius 2 is 1.83 bits per heavy atom. The highest BCUT2D eigenvalue weighted by Crippen LogP contribution is 2.35. The number of hydrogen-bond donors (Lipinski definition) is 1. The highest BCUT2D eigenvalue weighted by atomic mass is 16.3. The molecule has 0 bridgehead atoms. The monoisotopic (exact) mass is 377 g/mol. The lowest BCUT2D eigenvalue weighted by atomic mass is 9.90. The molecular formula is C26H19NO2. The predicted molar refractivity (Wildman–Crippen MR) is 118 cm³/mol. The van der Waals surface area contributed by atoms with Gasteiger partial charge in [-0.3, -0.25) is 4.79 Å². The van der Waals surface area contributed by atoms with E-state index in [0.29, 0.717) is 5.76 Å². The number of allylic oxidation sites excluding steroid dienone is 2. The number of H-pyrrole nitrogens is 1. The summed E-state index contributed by atoms with van der Waals surface area (Å²) in [6, 6.07) is 20.0. The lowest BCUT2D eigenvalue weighted by Gasteiger charge is -2.19. The molecule has 2 heterocycles. The summed E-state index contributed by atoms with van der Waals surface area (Å²) in [7, 11) is 0. The molecule has 0 amide bonds. The average Bonchev–Trinajstić information content (AvgIpc) is 3.10. The zero-order valence-corrected chi connectivity index (χ0v) is 15.9. The van der Waals surface area contributed by atoms with Crippen molar-refractivity contribution >= 4 is 33.3 Å². The maximum atomic E-state index is 11.7. The molecule has 0 saturated heterocycles. The molecule has 0 radical (unpaired) electrons. The van der Waals surface area contributed by atoms with Gasteiger partial charge in [-0.05, 0) is 66.1 Å². The fourth-order valence-corrected chi connectivity index (χ4v) is 4.55. The number of aromatic nitrogens is 1. The van der Waals surface area contributed by atoms with Gasteiger partial charge >= 0.3 is 0 Å². The molecule has 140 valence electrons. The minimum Gasteiger partial charge on any atom is -0.456 e. The van der Waals surface area contributed by atoms with Crippen LogP contribution < -0.4 is 10.8 Å². The van der Waals surface area contributed by atoms with Crippen LogP contribution >= 0.6 is 0 Å². The number of benzene rings is 3. The van der Waals surface area contributed by atoms with Crippen molar-refractivity contribution in [3.05, 3.63) is 93.6 Å². The molecule has 0 unspecified atom stereocenters. The average molecular weight is 377 g/mol. The van der Waals surface area contributed by atoms with Crippen molar-refractivity contribution in [1.82, 2.24) is 4.98 Å². The van der Waals surface area contributed by atoms with Crippen molar-refractivity contribution in [3.63, 3.8) is 0 Å². The van der Waals surface area contributed by atoms with E-state index >= 15 is 0 Å². The van der Waals surface area contributed by atoms with Crippen LogP contribution in [0, 0.1) is 0 Å². The van der Waals surface area contributed by atoms with Crippen molar-refractivity contribution < 1.29 is 4.42 Å². The van der Waals surface area contributed by atoms with Gasteiger partial charge in [-0.1, -0.05) is 36.4 Å². The smallest absolute Gasteiger partial charge is 0.182 e. The second-order valence-electron chi connectivity index (χ2n) is 7.76. The Balaban J connectivity index is 1.54. The molecule has 3 aromatic rings. The molecule has 0 spiro atoms. The third kappa shape index (κ3) is 2.62. The van der Waals surface area contributed by atoms with Gasteiger partial charge in [0.15, 0.2) is 5.43 Å². The summed E-state index contributed by atoms with van der Waals surface area (Å²) < 4.78 is 6.19. The van der Waals surface area contributed by atoms with E-state index in [1.165, 1.54) is 27.3 Å². The van der Waals surface area contributed by atoms with E-state index < -0.39 is 0 Å². The Bertz CT molecular complexity index is 1490. The highest BCUT2D eigenvalue weighted by Gasteiger charge is 2.19. The second-order valence-corrected chi connectivity index (χ2v) is 7.76. The maximum absolute atomic E-state index is 11.7. The summed E-state index contributed by atoms with van der Waals surface area (Å²) in [5.74, 6) is 1.58. The fourth-order valence-electron chi connectivity index (χ4n) is 4.55. The number of rotatable bonds is 1. The van der Waals surface area contributed by atoms with Crippen LogP contribution in [-0.4, -0.2) is 4.98 Å². The summed E-state index contributed by atoms with van der Waals surface area (Å²) in [6.07, 6.45) is 7.40. The van der Waals surface area contributed by atoms with E-state index in [-0.39, 0.29) is 5.43 Å². The standard InChI is InChI=1S/C26H19NO2/c28-20-12-10-18-14-19-7-1-6-17(26(19)29-24(18)15-20)11-13-22-21-8-2-4-16-5-3-9-23(27-22)25(16)21/h2-5,8-15,27H,1,6-7H2/b17-11+,22-13-. The van der Waals surface area contributed by atoms with Crippen LogP contribution in [-0.2, 0) is 6.42 Å². The van der Waals surface area contributed by atoms with Gasteiger partial charge in [0, 0.05) is 33.3 Å². The lowest BCUT2D eigenvalue weighted by molar-refractivity contribution is 0.527. The number of hydrogen-bond acceptors (Lipinski definition) is 2. The minimum atomic E-state index is -0.0225. The Morgan fingerprint density at radius 1 is 0.931 bits per heavy atom. The molecule has 0 atom stereocenters. The van der Waals surface area contributed by atoms with Crippen LogP contribution in [0.2, 0.25) is 0 Å². The van der Waals surface area contributed by atoms with Crippen LogP contribution in [0.15, 0.2) is 76.0 Å². The normalized spacial score (nSPS) is 16.3. The molecular weight excluding hydrogens is 358 g/mol. The van der Waals surface area contributed by atoms with Crippen molar-refractivity contribution in [1.29, 1.82) is 0 Å². The Labute approximate surface area is 167 Å². The van der Waals surface area contributed by atoms with Gasteiger partial charge in [0.25, 0.3) is 0 Å². The Kier molecular flexibility index (Phi) is 3.51. The van der Waals surface area contributed by atoms with Crippen LogP contribution in [0.3, 0.4) is 0 Å². The Morgan fingerprint density at radius 3 is 2.76 bits per heavy atom. The molecule has 29 heavy (non-hydrogen) atoms. The van der Waals surface area contributed by atoms with Crippen molar-refractivity contribution in [2.24, 2.45) is 0 Å². The third-order valence-corrected chi connectivity index (χ3v) is 5.92. The molecule has 6 rings (SSSR count). The minimum absolute atomic E-state index is 0.0225. The quantitative estimate of drug-likeness (QED) is 0.431. The van der Waals surface area contributed by atoms with Gasteiger partial charge in [0.1, 0.15) is 11.5 Å². The van der Waals surface area contributed by atoms with Crippen LogP contribution in [0.25, 0.3) is 44.6 Å². The zero-order chi connectivity index (χ0) is 19.4. The zero-order valence-electron chi connectivity index (χ0n) is 15.9. The van der Waals surface area contributed by atoms with E-state index in [1.807, 2.05) is 6.07 Å². The molecule has 0 fully saturated rings. The predicted octanol–water partition coefficient (Wildman–Crippen LogP) is 5.30. The Hall–Kier alpha value is -3.59. The second kappa shape index (κ2) is 6.21. The van der Waals surface area contributed by atoms with Gasteiger partial charge in [-0.15, -0.1) is 0 Å². The molecule has 1 aromatic heterocycles. The maximum Gasteiger partial charge on any atom is 0.182 e. The van der Waals surface area contributed by atoms with Crippen LogP contribution in [0.5, 0.6) is 0 Å². The fraction of sp³-hybridized carbons (Fsp3) is 0.115. The van der Waals surface area contributed by atoms with E-state index in [2.05, 4.69) is 59.6 Å². The summed E-state index contributed by atoms with van der Waals surface area (Å²) in [6.45, 7) is 0. The van der Waals surface area contributed by atoms with Crippen molar-refractivity contribution in [2.75, 3.05) is 0 Å².